The number of hydrogen-bond acceptors (Lipinski definition) is 3. The van der Waals surface area contributed by atoms with Gasteiger partial charge in [-0.15, -0.1) is 0 Å². The third kappa shape index (κ3) is 2.21. The molecule has 1 aliphatic carbocycles. The highest BCUT2D eigenvalue weighted by atomic mass is 16.2. The van der Waals surface area contributed by atoms with E-state index in [0.717, 1.165) is 6.42 Å². The predicted molar refractivity (Wildman–Crippen MR) is 69.5 cm³/mol. The van der Waals surface area contributed by atoms with Crippen molar-refractivity contribution in [3.63, 3.8) is 0 Å². The summed E-state index contributed by atoms with van der Waals surface area (Å²) in [4.78, 5) is 26.2. The highest BCUT2D eigenvalue weighted by Crippen LogP contribution is 2.36. The van der Waals surface area contributed by atoms with Gasteiger partial charge in [0.15, 0.2) is 0 Å². The van der Waals surface area contributed by atoms with Crippen molar-refractivity contribution >= 4 is 11.8 Å². The molecule has 2 N–H and O–H groups in total. The molecule has 0 spiro atoms. The summed E-state index contributed by atoms with van der Waals surface area (Å²) in [5.74, 6) is 0.142. The van der Waals surface area contributed by atoms with E-state index in [1.807, 2.05) is 12.2 Å². The van der Waals surface area contributed by atoms with E-state index in [9.17, 15) is 9.59 Å². The van der Waals surface area contributed by atoms with E-state index in [4.69, 9.17) is 5.73 Å². The maximum atomic E-state index is 12.3. The summed E-state index contributed by atoms with van der Waals surface area (Å²) in [5, 5.41) is 0. The van der Waals surface area contributed by atoms with Gasteiger partial charge in [0, 0.05) is 6.54 Å². The van der Waals surface area contributed by atoms with Crippen LogP contribution in [0.1, 0.15) is 33.1 Å². The number of fused-ring (bicyclic) bond motifs is 1. The summed E-state index contributed by atoms with van der Waals surface area (Å²) in [6, 6.07) is -0.129. The smallest absolute Gasteiger partial charge is 0.233 e. The lowest BCUT2D eigenvalue weighted by atomic mass is 9.85. The van der Waals surface area contributed by atoms with Crippen molar-refractivity contribution < 1.29 is 9.59 Å². The van der Waals surface area contributed by atoms with E-state index in [1.165, 1.54) is 4.90 Å². The van der Waals surface area contributed by atoms with Crippen molar-refractivity contribution in [2.45, 2.75) is 39.2 Å². The summed E-state index contributed by atoms with van der Waals surface area (Å²) in [7, 11) is 0. The van der Waals surface area contributed by atoms with Crippen LogP contribution < -0.4 is 5.73 Å². The Bertz CT molecular complexity index is 350. The second-order valence-electron chi connectivity index (χ2n) is 5.72. The molecule has 3 unspecified atom stereocenters. The third-order valence-corrected chi connectivity index (χ3v) is 3.92. The molecular weight excluding hydrogens is 228 g/mol. The van der Waals surface area contributed by atoms with Crippen LogP contribution in [-0.4, -0.2) is 29.3 Å². The number of allylic oxidation sites excluding steroid dienone is 2. The Kier molecular flexibility index (Phi) is 3.85. The number of imide groups is 1. The van der Waals surface area contributed by atoms with Gasteiger partial charge in [-0.05, 0) is 25.2 Å². The van der Waals surface area contributed by atoms with Crippen LogP contribution in [0.2, 0.25) is 0 Å². The highest BCUT2D eigenvalue weighted by Gasteiger charge is 2.49. The van der Waals surface area contributed by atoms with Gasteiger partial charge in [0.1, 0.15) is 0 Å². The lowest BCUT2D eigenvalue weighted by Gasteiger charge is -2.27. The predicted octanol–water partition coefficient (Wildman–Crippen LogP) is 1.31. The van der Waals surface area contributed by atoms with E-state index < -0.39 is 0 Å². The molecule has 0 radical (unpaired) electrons. The molecule has 0 aromatic carbocycles. The molecule has 4 heteroatoms. The Balaban J connectivity index is 2.18. The Morgan fingerprint density at radius 2 is 1.72 bits per heavy atom. The number of rotatable bonds is 4. The van der Waals surface area contributed by atoms with Crippen molar-refractivity contribution in [1.82, 2.24) is 4.90 Å². The Labute approximate surface area is 108 Å². The summed E-state index contributed by atoms with van der Waals surface area (Å²) >= 11 is 0. The standard InChI is InChI=1S/C14H22N2O2/c1-9(2)7-10(8-15)16-13(17)11-5-3-4-6-12(11)14(16)18/h3-4,9-12H,5-8,15H2,1-2H3. The SMILES string of the molecule is CC(C)CC(CN)N1C(=O)C2CC=CCC2C1=O. The average molecular weight is 250 g/mol. The van der Waals surface area contributed by atoms with E-state index in [-0.39, 0.29) is 29.7 Å². The fourth-order valence-electron chi connectivity index (χ4n) is 3.04. The fourth-order valence-corrected chi connectivity index (χ4v) is 3.04. The third-order valence-electron chi connectivity index (χ3n) is 3.92. The van der Waals surface area contributed by atoms with Crippen LogP contribution in [-0.2, 0) is 9.59 Å². The van der Waals surface area contributed by atoms with Crippen molar-refractivity contribution in [3.05, 3.63) is 12.2 Å². The molecule has 1 fully saturated rings. The number of amides is 2. The summed E-state index contributed by atoms with van der Waals surface area (Å²) in [5.41, 5.74) is 5.75. The van der Waals surface area contributed by atoms with Gasteiger partial charge in [-0.25, -0.2) is 0 Å². The molecular formula is C14H22N2O2. The van der Waals surface area contributed by atoms with E-state index in [0.29, 0.717) is 25.3 Å². The van der Waals surface area contributed by atoms with Crippen LogP contribution in [0.25, 0.3) is 0 Å². The molecule has 0 bridgehead atoms. The van der Waals surface area contributed by atoms with Crippen molar-refractivity contribution in [3.8, 4) is 0 Å². The molecule has 2 rings (SSSR count). The first-order valence-electron chi connectivity index (χ1n) is 6.78. The van der Waals surface area contributed by atoms with Gasteiger partial charge in [0.2, 0.25) is 11.8 Å². The number of carbonyl (C=O) groups excluding carboxylic acids is 2. The normalized spacial score (nSPS) is 29.0. The van der Waals surface area contributed by atoms with Gasteiger partial charge in [-0.1, -0.05) is 26.0 Å². The topological polar surface area (TPSA) is 63.4 Å². The lowest BCUT2D eigenvalue weighted by molar-refractivity contribution is -0.142. The molecule has 1 saturated heterocycles. The van der Waals surface area contributed by atoms with Crippen LogP contribution in [0.15, 0.2) is 12.2 Å². The molecule has 0 aromatic rings. The lowest BCUT2D eigenvalue weighted by Crippen LogP contribution is -2.45. The zero-order chi connectivity index (χ0) is 13.3. The molecule has 1 heterocycles. The van der Waals surface area contributed by atoms with Crippen molar-refractivity contribution in [2.24, 2.45) is 23.5 Å². The Hall–Kier alpha value is -1.16. The van der Waals surface area contributed by atoms with E-state index in [2.05, 4.69) is 13.8 Å². The molecule has 2 aliphatic rings. The van der Waals surface area contributed by atoms with Gasteiger partial charge in [0.25, 0.3) is 0 Å². The highest BCUT2D eigenvalue weighted by molar-refractivity contribution is 6.05. The zero-order valence-electron chi connectivity index (χ0n) is 11.1. The van der Waals surface area contributed by atoms with Crippen molar-refractivity contribution in [1.29, 1.82) is 0 Å². The van der Waals surface area contributed by atoms with Crippen LogP contribution in [0.3, 0.4) is 0 Å². The van der Waals surface area contributed by atoms with Crippen molar-refractivity contribution in [2.75, 3.05) is 6.54 Å². The Morgan fingerprint density at radius 1 is 1.22 bits per heavy atom. The first-order valence-corrected chi connectivity index (χ1v) is 6.78. The van der Waals surface area contributed by atoms with Gasteiger partial charge >= 0.3 is 0 Å². The summed E-state index contributed by atoms with van der Waals surface area (Å²) in [6.07, 6.45) is 6.21. The van der Waals surface area contributed by atoms with Crippen LogP contribution in [0.4, 0.5) is 0 Å². The van der Waals surface area contributed by atoms with Crippen LogP contribution >= 0.6 is 0 Å². The monoisotopic (exact) mass is 250 g/mol. The molecule has 4 nitrogen and oxygen atoms in total. The number of nitrogens with two attached hydrogens (primary N) is 1. The molecule has 3 atom stereocenters. The Morgan fingerprint density at radius 3 is 2.11 bits per heavy atom. The number of hydrogen-bond donors (Lipinski definition) is 1. The van der Waals surface area contributed by atoms with E-state index in [1.54, 1.807) is 0 Å². The van der Waals surface area contributed by atoms with Gasteiger partial charge in [-0.2, -0.15) is 0 Å². The average Bonchev–Trinajstić information content (AvgIpc) is 2.60. The minimum absolute atomic E-state index is 0.00884. The first-order chi connectivity index (χ1) is 8.56. The van der Waals surface area contributed by atoms with Gasteiger partial charge in [0.05, 0.1) is 17.9 Å². The second kappa shape index (κ2) is 5.22. The second-order valence-corrected chi connectivity index (χ2v) is 5.72. The quantitative estimate of drug-likeness (QED) is 0.604. The molecule has 1 aliphatic heterocycles. The van der Waals surface area contributed by atoms with Crippen LogP contribution in [0, 0.1) is 17.8 Å². The maximum Gasteiger partial charge on any atom is 0.233 e. The minimum atomic E-state index is -0.135. The molecule has 100 valence electrons. The molecule has 0 saturated carbocycles. The number of likely N-dealkylation sites (tertiary alicyclic amines) is 1. The van der Waals surface area contributed by atoms with Gasteiger partial charge < -0.3 is 5.73 Å². The fraction of sp³-hybridized carbons (Fsp3) is 0.714. The number of carbonyl (C=O) groups is 2. The molecule has 18 heavy (non-hydrogen) atoms. The van der Waals surface area contributed by atoms with E-state index >= 15 is 0 Å². The number of nitrogens with zero attached hydrogens (tertiary/aromatic N) is 1. The minimum Gasteiger partial charge on any atom is -0.328 e. The first kappa shape index (κ1) is 13.3. The zero-order valence-corrected chi connectivity index (χ0v) is 11.1. The molecule has 2 amide bonds. The largest absolute Gasteiger partial charge is 0.328 e. The van der Waals surface area contributed by atoms with Gasteiger partial charge in [-0.3, -0.25) is 14.5 Å². The summed E-state index contributed by atoms with van der Waals surface area (Å²) in [6.45, 7) is 4.53. The molecule has 0 aromatic heterocycles. The van der Waals surface area contributed by atoms with Crippen LogP contribution in [0.5, 0.6) is 0 Å². The maximum absolute atomic E-state index is 12.3. The summed E-state index contributed by atoms with van der Waals surface area (Å²) < 4.78 is 0.